The van der Waals surface area contributed by atoms with Gasteiger partial charge in [0, 0.05) is 32.2 Å². The molecule has 0 aliphatic carbocycles. The zero-order valence-corrected chi connectivity index (χ0v) is 16.2. The molecule has 7 nitrogen and oxygen atoms in total. The number of carbonyl (C=O) groups is 1. The van der Waals surface area contributed by atoms with Crippen molar-refractivity contribution in [3.05, 3.63) is 67.4 Å². The van der Waals surface area contributed by atoms with Crippen molar-refractivity contribution in [3.8, 4) is 0 Å². The Kier molecular flexibility index (Phi) is 5.23. The summed E-state index contributed by atoms with van der Waals surface area (Å²) in [6, 6.07) is 8.82. The summed E-state index contributed by atoms with van der Waals surface area (Å²) in [5, 5.41) is 3.76. The Morgan fingerprint density at radius 3 is 2.52 bits per heavy atom. The van der Waals surface area contributed by atoms with Crippen LogP contribution in [0.2, 0.25) is 5.02 Å². The summed E-state index contributed by atoms with van der Waals surface area (Å²) in [7, 11) is 3.03. The monoisotopic (exact) mass is 388 g/mol. The molecule has 1 amide bonds. The molecule has 2 heterocycles. The van der Waals surface area contributed by atoms with E-state index in [-0.39, 0.29) is 12.5 Å². The van der Waals surface area contributed by atoms with Crippen molar-refractivity contribution in [1.29, 1.82) is 0 Å². The minimum atomic E-state index is -0.425. The van der Waals surface area contributed by atoms with Gasteiger partial charge in [-0.15, -0.1) is 0 Å². The van der Waals surface area contributed by atoms with E-state index in [1.807, 2.05) is 25.1 Å². The Hall–Kier alpha value is -2.80. The number of halogens is 1. The third-order valence-electron chi connectivity index (χ3n) is 4.57. The number of nitrogens with zero attached hydrogens (tertiary/aromatic N) is 3. The van der Waals surface area contributed by atoms with Crippen LogP contribution in [0.5, 0.6) is 0 Å². The maximum atomic E-state index is 12.8. The quantitative estimate of drug-likeness (QED) is 0.726. The average Bonchev–Trinajstić information content (AvgIpc) is 3.03. The van der Waals surface area contributed by atoms with Crippen LogP contribution in [0, 0.1) is 0 Å². The van der Waals surface area contributed by atoms with E-state index in [1.165, 1.54) is 11.6 Å². The van der Waals surface area contributed by atoms with Gasteiger partial charge < -0.3 is 9.88 Å². The second-order valence-electron chi connectivity index (χ2n) is 6.40. The smallest absolute Gasteiger partial charge is 0.332 e. The fourth-order valence-electron chi connectivity index (χ4n) is 3.19. The third kappa shape index (κ3) is 3.30. The molecule has 0 bridgehead atoms. The lowest BCUT2D eigenvalue weighted by atomic mass is 10.2. The Balaban J connectivity index is 2.07. The first-order valence-corrected chi connectivity index (χ1v) is 9.05. The Morgan fingerprint density at radius 1 is 1.15 bits per heavy atom. The predicted molar refractivity (Wildman–Crippen MR) is 105 cm³/mol. The molecule has 0 radical (unpaired) electrons. The molecule has 0 aliphatic heterocycles. The summed E-state index contributed by atoms with van der Waals surface area (Å²) in [5.41, 5.74) is 0.758. The van der Waals surface area contributed by atoms with Gasteiger partial charge in [0.25, 0.3) is 11.5 Å². The Labute approximate surface area is 160 Å². The molecule has 0 atom stereocenters. The summed E-state index contributed by atoms with van der Waals surface area (Å²) < 4.78 is 4.17. The van der Waals surface area contributed by atoms with E-state index in [2.05, 4.69) is 5.32 Å². The van der Waals surface area contributed by atoms with E-state index in [1.54, 1.807) is 23.7 Å². The summed E-state index contributed by atoms with van der Waals surface area (Å²) >= 11 is 6.14. The summed E-state index contributed by atoms with van der Waals surface area (Å²) in [6.07, 6.45) is 0.748. The maximum Gasteiger partial charge on any atom is 0.332 e. The molecule has 1 aromatic carbocycles. The van der Waals surface area contributed by atoms with Crippen molar-refractivity contribution in [3.63, 3.8) is 0 Å². The molecule has 2 aromatic heterocycles. The van der Waals surface area contributed by atoms with Gasteiger partial charge >= 0.3 is 5.69 Å². The maximum absolute atomic E-state index is 12.8. The molecule has 0 spiro atoms. The van der Waals surface area contributed by atoms with Crippen LogP contribution in [0.1, 0.15) is 29.4 Å². The number of amides is 1. The van der Waals surface area contributed by atoms with Crippen molar-refractivity contribution in [2.45, 2.75) is 26.4 Å². The van der Waals surface area contributed by atoms with E-state index in [4.69, 9.17) is 11.6 Å². The molecule has 1 N–H and O–H groups in total. The molecule has 3 aromatic rings. The summed E-state index contributed by atoms with van der Waals surface area (Å²) in [6.45, 7) is 2.75. The van der Waals surface area contributed by atoms with Gasteiger partial charge in [0.05, 0.1) is 5.39 Å². The standard InChI is InChI=1S/C19H21ClN4O3/c1-4-9-24-15(16(25)21-11-12-7-5-6-8-14(12)20)10-13-17(24)22(2)19(27)23(3)18(13)26/h5-8,10H,4,9,11H2,1-3H3,(H,21,25). The van der Waals surface area contributed by atoms with Crippen molar-refractivity contribution >= 4 is 28.5 Å². The molecular weight excluding hydrogens is 368 g/mol. The zero-order chi connectivity index (χ0) is 19.7. The normalized spacial score (nSPS) is 11.1. The highest BCUT2D eigenvalue weighted by atomic mass is 35.5. The van der Waals surface area contributed by atoms with Crippen LogP contribution in [-0.4, -0.2) is 19.6 Å². The number of benzene rings is 1. The molecule has 3 rings (SSSR count). The van der Waals surface area contributed by atoms with Gasteiger partial charge in [-0.25, -0.2) is 4.79 Å². The first-order chi connectivity index (χ1) is 12.9. The molecule has 0 unspecified atom stereocenters. The fraction of sp³-hybridized carbons (Fsp3) is 0.316. The number of aromatic nitrogens is 3. The van der Waals surface area contributed by atoms with Gasteiger partial charge in [-0.1, -0.05) is 36.7 Å². The Morgan fingerprint density at radius 2 is 1.85 bits per heavy atom. The number of hydrogen-bond acceptors (Lipinski definition) is 3. The van der Waals surface area contributed by atoms with Crippen LogP contribution in [0.15, 0.2) is 39.9 Å². The van der Waals surface area contributed by atoms with Gasteiger partial charge in [-0.05, 0) is 24.1 Å². The molecule has 142 valence electrons. The van der Waals surface area contributed by atoms with Gasteiger partial charge in [0.2, 0.25) is 0 Å². The highest BCUT2D eigenvalue weighted by Crippen LogP contribution is 2.18. The molecule has 0 saturated heterocycles. The van der Waals surface area contributed by atoms with E-state index in [0.29, 0.717) is 28.3 Å². The number of aryl methyl sites for hydroxylation is 2. The van der Waals surface area contributed by atoms with Crippen LogP contribution in [-0.2, 0) is 27.2 Å². The van der Waals surface area contributed by atoms with E-state index in [0.717, 1.165) is 16.6 Å². The minimum absolute atomic E-state index is 0.267. The van der Waals surface area contributed by atoms with Crippen molar-refractivity contribution in [2.75, 3.05) is 0 Å². The molecule has 0 aliphatic rings. The molecule has 0 fully saturated rings. The number of rotatable bonds is 5. The topological polar surface area (TPSA) is 78.0 Å². The van der Waals surface area contributed by atoms with Crippen molar-refractivity contribution in [1.82, 2.24) is 19.0 Å². The minimum Gasteiger partial charge on any atom is -0.347 e. The van der Waals surface area contributed by atoms with Crippen molar-refractivity contribution in [2.24, 2.45) is 14.1 Å². The predicted octanol–water partition coefficient (Wildman–Crippen LogP) is 2.03. The summed E-state index contributed by atoms with van der Waals surface area (Å²) in [5.74, 6) is -0.325. The van der Waals surface area contributed by atoms with Crippen molar-refractivity contribution < 1.29 is 4.79 Å². The number of fused-ring (bicyclic) bond motifs is 1. The fourth-order valence-corrected chi connectivity index (χ4v) is 3.39. The van der Waals surface area contributed by atoms with Gasteiger partial charge in [-0.2, -0.15) is 0 Å². The SMILES string of the molecule is CCCn1c(C(=O)NCc2ccccc2Cl)cc2c(=O)n(C)c(=O)n(C)c21. The van der Waals surface area contributed by atoms with Gasteiger partial charge in [-0.3, -0.25) is 18.7 Å². The first-order valence-electron chi connectivity index (χ1n) is 8.67. The molecule has 8 heteroatoms. The largest absolute Gasteiger partial charge is 0.347 e. The first kappa shape index (κ1) is 19.0. The molecule has 27 heavy (non-hydrogen) atoms. The lowest BCUT2D eigenvalue weighted by molar-refractivity contribution is 0.0942. The number of nitrogens with one attached hydrogen (secondary N) is 1. The lowest BCUT2D eigenvalue weighted by Crippen LogP contribution is -2.37. The summed E-state index contributed by atoms with van der Waals surface area (Å²) in [4.78, 5) is 37.6. The van der Waals surface area contributed by atoms with Crippen LogP contribution in [0.25, 0.3) is 11.0 Å². The number of carbonyl (C=O) groups excluding carboxylic acids is 1. The number of hydrogen-bond donors (Lipinski definition) is 1. The van der Waals surface area contributed by atoms with Crippen LogP contribution < -0.4 is 16.6 Å². The molecule has 0 saturated carbocycles. The Bertz CT molecular complexity index is 1140. The van der Waals surface area contributed by atoms with Crippen LogP contribution in [0.3, 0.4) is 0 Å². The molecular formula is C19H21ClN4O3. The van der Waals surface area contributed by atoms with E-state index < -0.39 is 11.2 Å². The highest BCUT2D eigenvalue weighted by molar-refractivity contribution is 6.31. The van der Waals surface area contributed by atoms with Gasteiger partial charge in [0.15, 0.2) is 0 Å². The van der Waals surface area contributed by atoms with E-state index >= 15 is 0 Å². The van der Waals surface area contributed by atoms with Crippen LogP contribution >= 0.6 is 11.6 Å². The second kappa shape index (κ2) is 7.44. The van der Waals surface area contributed by atoms with Gasteiger partial charge in [0.1, 0.15) is 11.3 Å². The third-order valence-corrected chi connectivity index (χ3v) is 4.94. The zero-order valence-electron chi connectivity index (χ0n) is 15.5. The lowest BCUT2D eigenvalue weighted by Gasteiger charge is -2.12. The highest BCUT2D eigenvalue weighted by Gasteiger charge is 2.20. The van der Waals surface area contributed by atoms with Crippen LogP contribution in [0.4, 0.5) is 0 Å². The average molecular weight is 389 g/mol. The van der Waals surface area contributed by atoms with E-state index in [9.17, 15) is 14.4 Å². The second-order valence-corrected chi connectivity index (χ2v) is 6.81.